The van der Waals surface area contributed by atoms with Crippen molar-refractivity contribution >= 4 is 44.8 Å². The fraction of sp³-hybridized carbons (Fsp3) is 0.227. The van der Waals surface area contributed by atoms with Gasteiger partial charge in [-0.3, -0.25) is 9.31 Å². The minimum absolute atomic E-state index is 0.148. The Morgan fingerprint density at radius 3 is 3.03 bits per heavy atom. The molecule has 0 saturated heterocycles. The van der Waals surface area contributed by atoms with Gasteiger partial charge in [-0.1, -0.05) is 12.1 Å². The maximum absolute atomic E-state index is 14.9. The number of nitrogens with zero attached hydrogens (tertiary/aromatic N) is 4. The molecule has 2 aromatic carbocycles. The van der Waals surface area contributed by atoms with Gasteiger partial charge in [-0.2, -0.15) is 10.1 Å². The Labute approximate surface area is 186 Å². The molecule has 1 aliphatic rings. The van der Waals surface area contributed by atoms with E-state index in [0.29, 0.717) is 31.0 Å². The number of rotatable bonds is 7. The van der Waals surface area contributed by atoms with Gasteiger partial charge in [-0.15, -0.1) is 0 Å². The maximum Gasteiger partial charge on any atom is 0.229 e. The summed E-state index contributed by atoms with van der Waals surface area (Å²) in [4.78, 5) is 11.2. The quantitative estimate of drug-likeness (QED) is 0.395. The highest BCUT2D eigenvalue weighted by Gasteiger charge is 2.21. The van der Waals surface area contributed by atoms with Gasteiger partial charge < -0.3 is 16.0 Å². The van der Waals surface area contributed by atoms with Gasteiger partial charge in [0.1, 0.15) is 0 Å². The lowest BCUT2D eigenvalue weighted by Gasteiger charge is -2.25. The molecule has 0 aliphatic carbocycles. The van der Waals surface area contributed by atoms with E-state index in [2.05, 4.69) is 25.5 Å². The van der Waals surface area contributed by atoms with Crippen LogP contribution >= 0.6 is 0 Å². The highest BCUT2D eigenvalue weighted by molar-refractivity contribution is 7.85. The fourth-order valence-electron chi connectivity index (χ4n) is 3.88. The number of hydrogen-bond acceptors (Lipinski definition) is 7. The van der Waals surface area contributed by atoms with Crippen molar-refractivity contribution in [2.24, 2.45) is 5.73 Å². The second-order valence-electron chi connectivity index (χ2n) is 7.51. The molecule has 0 fully saturated rings. The van der Waals surface area contributed by atoms with Crippen molar-refractivity contribution in [1.29, 1.82) is 0 Å². The minimum atomic E-state index is -0.989. The van der Waals surface area contributed by atoms with Gasteiger partial charge in [0.2, 0.25) is 5.95 Å². The molecule has 4 N–H and O–H groups in total. The Bertz CT molecular complexity index is 1310. The van der Waals surface area contributed by atoms with Gasteiger partial charge in [-0.05, 0) is 49.2 Å². The lowest BCUT2D eigenvalue weighted by atomic mass is 10.1. The predicted molar refractivity (Wildman–Crippen MR) is 123 cm³/mol. The number of aromatic amines is 1. The van der Waals surface area contributed by atoms with E-state index in [0.717, 1.165) is 39.7 Å². The molecule has 2 aromatic heterocycles. The number of benzene rings is 2. The number of aromatic nitrogens is 4. The second kappa shape index (κ2) is 8.64. The van der Waals surface area contributed by atoms with Gasteiger partial charge in [0.15, 0.2) is 11.6 Å². The zero-order valence-corrected chi connectivity index (χ0v) is 18.0. The first-order valence-corrected chi connectivity index (χ1v) is 11.7. The van der Waals surface area contributed by atoms with Crippen molar-refractivity contribution < 1.29 is 8.60 Å². The summed E-state index contributed by atoms with van der Waals surface area (Å²) in [5, 5.41) is 11.0. The molecule has 3 heterocycles. The van der Waals surface area contributed by atoms with Crippen LogP contribution < -0.4 is 16.0 Å². The Morgan fingerprint density at radius 2 is 2.16 bits per heavy atom. The Kier molecular flexibility index (Phi) is 5.54. The minimum Gasteiger partial charge on any atom is -0.330 e. The maximum atomic E-state index is 14.9. The number of H-pyrrole nitrogens is 1. The van der Waals surface area contributed by atoms with Crippen molar-refractivity contribution in [3.05, 3.63) is 60.2 Å². The van der Waals surface area contributed by atoms with Crippen LogP contribution in [0.15, 0.2) is 53.7 Å². The van der Waals surface area contributed by atoms with E-state index in [1.54, 1.807) is 11.1 Å². The van der Waals surface area contributed by atoms with Crippen LogP contribution in [-0.2, 0) is 17.2 Å². The third-order valence-electron chi connectivity index (χ3n) is 5.45. The van der Waals surface area contributed by atoms with Crippen molar-refractivity contribution in [3.8, 4) is 0 Å². The molecule has 1 atom stereocenters. The summed E-state index contributed by atoms with van der Waals surface area (Å²) in [7, 11) is -0.989. The number of fused-ring (bicyclic) bond motifs is 2. The monoisotopic (exact) mass is 451 g/mol. The number of aryl methyl sites for hydroxylation is 1. The SMILES string of the molecule is NCCCN(c1nc(Nc2ccc3c(c2)S(=O)CC3)ncc1F)c1cccc2[nH]ncc12. The second-order valence-corrected chi connectivity index (χ2v) is 9.05. The summed E-state index contributed by atoms with van der Waals surface area (Å²) in [6.07, 6.45) is 4.33. The van der Waals surface area contributed by atoms with Gasteiger partial charge >= 0.3 is 0 Å². The molecule has 10 heteroatoms. The smallest absolute Gasteiger partial charge is 0.229 e. The molecule has 164 valence electrons. The standard InChI is InChI=1S/C22H22FN7OS/c23-17-13-25-22(27-15-6-5-14-7-10-32(31)20(14)11-15)28-21(17)30(9-2-8-24)19-4-1-3-18-16(19)12-26-29-18/h1,3-6,11-13H,2,7-10,24H2,(H,26,29)(H,25,27,28). The highest BCUT2D eigenvalue weighted by atomic mass is 32.2. The van der Waals surface area contributed by atoms with Gasteiger partial charge in [0.25, 0.3) is 0 Å². The molecular formula is C22H22FN7OS. The van der Waals surface area contributed by atoms with Crippen molar-refractivity contribution in [1.82, 2.24) is 20.2 Å². The van der Waals surface area contributed by atoms with Gasteiger partial charge in [-0.25, -0.2) is 9.37 Å². The van der Waals surface area contributed by atoms with E-state index in [1.165, 1.54) is 0 Å². The molecule has 0 saturated carbocycles. The van der Waals surface area contributed by atoms with Crippen molar-refractivity contribution in [2.45, 2.75) is 17.7 Å². The third-order valence-corrected chi connectivity index (χ3v) is 6.89. The Morgan fingerprint density at radius 1 is 1.25 bits per heavy atom. The van der Waals surface area contributed by atoms with Crippen molar-refractivity contribution in [3.63, 3.8) is 0 Å². The van der Waals surface area contributed by atoms with Crippen LogP contribution in [0.2, 0.25) is 0 Å². The lowest BCUT2D eigenvalue weighted by Crippen LogP contribution is -2.23. The first-order chi connectivity index (χ1) is 15.6. The molecule has 4 aromatic rings. The molecule has 0 spiro atoms. The van der Waals surface area contributed by atoms with Crippen LogP contribution in [0.3, 0.4) is 0 Å². The zero-order chi connectivity index (χ0) is 22.1. The number of nitrogens with one attached hydrogen (secondary N) is 2. The molecule has 5 rings (SSSR count). The summed E-state index contributed by atoms with van der Waals surface area (Å²) in [5.41, 5.74) is 9.17. The normalized spacial score (nSPS) is 15.1. The molecule has 8 nitrogen and oxygen atoms in total. The van der Waals surface area contributed by atoms with Crippen molar-refractivity contribution in [2.75, 3.05) is 29.1 Å². The molecular weight excluding hydrogens is 429 g/mol. The summed E-state index contributed by atoms with van der Waals surface area (Å²) >= 11 is 0. The van der Waals surface area contributed by atoms with Crippen LogP contribution in [-0.4, -0.2) is 43.2 Å². The van der Waals surface area contributed by atoms with Gasteiger partial charge in [0, 0.05) is 28.3 Å². The first-order valence-electron chi connectivity index (χ1n) is 10.3. The number of hydrogen-bond donors (Lipinski definition) is 3. The predicted octanol–water partition coefficient (Wildman–Crippen LogP) is 3.39. The molecule has 0 amide bonds. The topological polar surface area (TPSA) is 113 Å². The zero-order valence-electron chi connectivity index (χ0n) is 17.2. The number of nitrogens with two attached hydrogens (primary N) is 1. The third kappa shape index (κ3) is 3.82. The van der Waals surface area contributed by atoms with Crippen LogP contribution in [0.5, 0.6) is 0 Å². The highest BCUT2D eigenvalue weighted by Crippen LogP contribution is 2.33. The average molecular weight is 452 g/mol. The van der Waals surface area contributed by atoms with E-state index in [1.807, 2.05) is 36.4 Å². The molecule has 32 heavy (non-hydrogen) atoms. The van der Waals surface area contributed by atoms with Crippen LogP contribution in [0.25, 0.3) is 10.9 Å². The van der Waals surface area contributed by atoms with Crippen LogP contribution in [0.4, 0.5) is 27.5 Å². The number of halogens is 1. The molecule has 1 aliphatic heterocycles. The molecule has 1 unspecified atom stereocenters. The fourth-order valence-corrected chi connectivity index (χ4v) is 5.22. The molecule has 0 radical (unpaired) electrons. The van der Waals surface area contributed by atoms with Crippen LogP contribution in [0, 0.1) is 5.82 Å². The van der Waals surface area contributed by atoms with E-state index in [4.69, 9.17) is 5.73 Å². The summed E-state index contributed by atoms with van der Waals surface area (Å²) in [5.74, 6) is 0.505. The largest absolute Gasteiger partial charge is 0.330 e. The summed E-state index contributed by atoms with van der Waals surface area (Å²) in [6.45, 7) is 0.938. The molecule has 0 bridgehead atoms. The average Bonchev–Trinajstić information content (AvgIpc) is 3.43. The summed E-state index contributed by atoms with van der Waals surface area (Å²) in [6, 6.07) is 11.4. The lowest BCUT2D eigenvalue weighted by molar-refractivity contribution is 0.609. The van der Waals surface area contributed by atoms with Gasteiger partial charge in [0.05, 0.1) is 34.4 Å². The summed E-state index contributed by atoms with van der Waals surface area (Å²) < 4.78 is 27.1. The Hall–Kier alpha value is -3.37. The van der Waals surface area contributed by atoms with E-state index < -0.39 is 16.6 Å². The Balaban J connectivity index is 1.52. The van der Waals surface area contributed by atoms with E-state index in [-0.39, 0.29) is 11.8 Å². The van der Waals surface area contributed by atoms with Crippen LogP contribution in [0.1, 0.15) is 12.0 Å². The van der Waals surface area contributed by atoms with E-state index in [9.17, 15) is 8.60 Å². The number of anilines is 4. The first kappa shape index (κ1) is 20.5. The van der Waals surface area contributed by atoms with E-state index >= 15 is 0 Å².